The van der Waals surface area contributed by atoms with Gasteiger partial charge in [0.2, 0.25) is 18.2 Å². The topological polar surface area (TPSA) is 277 Å². The Morgan fingerprint density at radius 1 is 0.560 bits per heavy atom. The smallest absolute Gasteiger partial charge is 0.352 e. The zero-order chi connectivity index (χ0) is 62.7. The third-order valence-electron chi connectivity index (χ3n) is 11.8. The van der Waals surface area contributed by atoms with Crippen molar-refractivity contribution in [2.45, 2.75) is 112 Å². The van der Waals surface area contributed by atoms with Crippen LogP contribution in [0.4, 0.5) is 0 Å². The molecule has 1 fully saturated rings. The van der Waals surface area contributed by atoms with Gasteiger partial charge in [-0.25, -0.2) is 14.4 Å². The highest BCUT2D eigenvalue weighted by atomic mass is 16.7. The normalized spacial score (nSPS) is 12.0. The van der Waals surface area contributed by atoms with E-state index in [0.717, 1.165) is 35.2 Å². The first-order valence-corrected chi connectivity index (χ1v) is 28.0. The number of esters is 2. The molecule has 2 atom stereocenters. The molecule has 1 saturated heterocycles. The highest BCUT2D eigenvalue weighted by Crippen LogP contribution is 2.13. The molecule has 5 rings (SSSR count). The fourth-order valence-corrected chi connectivity index (χ4v) is 7.37. The molecule has 0 saturated carbocycles. The maximum absolute atomic E-state index is 12.1. The summed E-state index contributed by atoms with van der Waals surface area (Å²) in [6.07, 6.45) is 2.33. The van der Waals surface area contributed by atoms with Crippen molar-refractivity contribution in [3.8, 4) is 0 Å². The van der Waals surface area contributed by atoms with Crippen LogP contribution in [0.25, 0.3) is 0 Å². The van der Waals surface area contributed by atoms with E-state index in [1.807, 2.05) is 128 Å². The highest BCUT2D eigenvalue weighted by molar-refractivity contribution is 6.01. The van der Waals surface area contributed by atoms with Crippen LogP contribution in [0.1, 0.15) is 96.4 Å². The lowest BCUT2D eigenvalue weighted by Gasteiger charge is -2.28. The molecule has 0 aromatic heterocycles. The van der Waals surface area contributed by atoms with Gasteiger partial charge in [0.1, 0.15) is 38.8 Å². The molecular weight excluding hydrogens is 1080 g/mol. The molecule has 4 aromatic rings. The van der Waals surface area contributed by atoms with E-state index in [4.69, 9.17) is 24.7 Å². The Morgan fingerprint density at radius 3 is 1.25 bits per heavy atom. The lowest BCUT2D eigenvalue weighted by Crippen LogP contribution is -2.39. The molecule has 0 aliphatic carbocycles. The van der Waals surface area contributed by atoms with Crippen LogP contribution < -0.4 is 16.4 Å². The van der Waals surface area contributed by atoms with E-state index in [1.165, 1.54) is 4.90 Å². The minimum absolute atomic E-state index is 0.00180. The van der Waals surface area contributed by atoms with Gasteiger partial charge in [0, 0.05) is 63.7 Å². The summed E-state index contributed by atoms with van der Waals surface area (Å²) in [6.45, 7) is 15.8. The summed E-state index contributed by atoms with van der Waals surface area (Å²) in [6, 6.07) is 39.3. The third-order valence-corrected chi connectivity index (χ3v) is 11.8. The van der Waals surface area contributed by atoms with Crippen LogP contribution in [-0.2, 0) is 97.8 Å². The molecule has 21 heteroatoms. The Kier molecular flexibility index (Phi) is 39.3. The number of carbonyl (C=O) groups excluding carboxylic acids is 10. The average molecular weight is 1170 g/mol. The number of hydrogen-bond donors (Lipinski definition) is 3. The van der Waals surface area contributed by atoms with Crippen molar-refractivity contribution in [1.82, 2.24) is 25.5 Å². The predicted molar refractivity (Wildman–Crippen MR) is 317 cm³/mol. The number of amides is 5. The van der Waals surface area contributed by atoms with Crippen LogP contribution in [0.5, 0.6) is 0 Å². The Morgan fingerprint density at radius 2 is 0.917 bits per heavy atom. The van der Waals surface area contributed by atoms with E-state index in [0.29, 0.717) is 30.0 Å². The van der Waals surface area contributed by atoms with Gasteiger partial charge in [-0.2, -0.15) is 0 Å². The molecule has 460 valence electrons. The molecule has 0 radical (unpaired) electrons. The van der Waals surface area contributed by atoms with Crippen LogP contribution >= 0.6 is 0 Å². The first-order valence-electron chi connectivity index (χ1n) is 28.0. The number of rotatable bonds is 30. The van der Waals surface area contributed by atoms with Crippen molar-refractivity contribution >= 4 is 59.5 Å². The molecule has 84 heavy (non-hydrogen) atoms. The number of ether oxygens (including phenoxy) is 4. The van der Waals surface area contributed by atoms with Gasteiger partial charge in [0.05, 0.1) is 26.3 Å². The number of benzene rings is 4. The summed E-state index contributed by atoms with van der Waals surface area (Å²) in [5.74, 6) is -4.12. The first kappa shape index (κ1) is 74.0. The maximum atomic E-state index is 12.1. The number of imide groups is 1. The quantitative estimate of drug-likeness (QED) is 0.0241. The molecule has 1 heterocycles. The van der Waals surface area contributed by atoms with Crippen LogP contribution in [0.2, 0.25) is 0 Å². The molecule has 0 unspecified atom stereocenters. The monoisotopic (exact) mass is 1170 g/mol. The van der Waals surface area contributed by atoms with E-state index in [2.05, 4.69) is 55.0 Å². The summed E-state index contributed by atoms with van der Waals surface area (Å²) >= 11 is 0. The molecular formula is C63H88N6O15. The molecule has 5 amide bonds. The van der Waals surface area contributed by atoms with Crippen LogP contribution in [-0.4, -0.2) is 153 Å². The van der Waals surface area contributed by atoms with E-state index < -0.39 is 36.3 Å². The zero-order valence-electron chi connectivity index (χ0n) is 50.3. The molecule has 4 N–H and O–H groups in total. The highest BCUT2D eigenvalue weighted by Gasteiger charge is 2.33. The SMILES string of the molecule is CCN(C(C)C)C(C)C.CN(C)C=O.C[C@@H](Cc1ccccc1)C(=O)NCC(=O)CCOCC(=O)OCc1ccccc1.C[C@@H](Cc1ccccc1)C(=O)NCC(=O)ON1C(=O)CCC1=O.NCC(=O)CCOCC(=O)OCc1ccccc1. The molecule has 1 aliphatic rings. The summed E-state index contributed by atoms with van der Waals surface area (Å²) in [5, 5.41) is 5.56. The Bertz CT molecular complexity index is 2530. The summed E-state index contributed by atoms with van der Waals surface area (Å²) < 4.78 is 20.3. The minimum Gasteiger partial charge on any atom is -0.459 e. The predicted octanol–water partition coefficient (Wildman–Crippen LogP) is 5.78. The van der Waals surface area contributed by atoms with Crippen LogP contribution in [0.15, 0.2) is 121 Å². The number of nitrogens with zero attached hydrogens (tertiary/aromatic N) is 3. The van der Waals surface area contributed by atoms with Crippen molar-refractivity contribution in [2.24, 2.45) is 17.6 Å². The number of nitrogens with two attached hydrogens (primary N) is 1. The maximum Gasteiger partial charge on any atom is 0.352 e. The van der Waals surface area contributed by atoms with Gasteiger partial charge in [-0.1, -0.05) is 142 Å². The van der Waals surface area contributed by atoms with Crippen molar-refractivity contribution in [3.63, 3.8) is 0 Å². The van der Waals surface area contributed by atoms with E-state index in [1.54, 1.807) is 21.0 Å². The minimum atomic E-state index is -0.853. The van der Waals surface area contributed by atoms with Crippen molar-refractivity contribution < 1.29 is 71.7 Å². The van der Waals surface area contributed by atoms with Gasteiger partial charge >= 0.3 is 17.9 Å². The number of nitrogens with one attached hydrogen (secondary N) is 2. The number of hydroxylamine groups is 2. The standard InChI is InChI=1S/C23H27NO5.C16H18N2O5.C13H17NO4.C8H19N.C3H7NO/c1-18(14-19-8-4-2-5-9-19)23(27)24-15-21(25)12-13-28-17-22(26)29-16-20-10-6-3-7-11-20;1-11(9-12-5-3-2-4-6-12)16(22)17-10-15(21)23-18-13(19)7-8-14(18)20;14-8-12(15)6-7-17-10-13(16)18-9-11-4-2-1-3-5-11;1-6-9(7(2)3)8(4)5;1-4(2)3-5/h2-11,18H,12-17H2,1H3,(H,24,27);2-6,11H,7-10H2,1H3,(H,17,22);1-5H,6-10,14H2;7-8H,6H2,1-5H3;3H,1-2H3/t18-;11-;;;/m00.../s1. The van der Waals surface area contributed by atoms with E-state index in [-0.39, 0.29) is 114 Å². The second-order valence-electron chi connectivity index (χ2n) is 19.9. The van der Waals surface area contributed by atoms with Crippen molar-refractivity contribution in [3.05, 3.63) is 144 Å². The van der Waals surface area contributed by atoms with Gasteiger partial charge < -0.3 is 45.1 Å². The van der Waals surface area contributed by atoms with Crippen LogP contribution in [0.3, 0.4) is 0 Å². The Labute approximate surface area is 495 Å². The largest absolute Gasteiger partial charge is 0.459 e. The van der Waals surface area contributed by atoms with E-state index in [9.17, 15) is 47.9 Å². The van der Waals surface area contributed by atoms with Crippen molar-refractivity contribution in [1.29, 1.82) is 0 Å². The molecule has 4 aromatic carbocycles. The van der Waals surface area contributed by atoms with Gasteiger partial charge in [0.15, 0.2) is 5.78 Å². The number of carbonyl (C=O) groups is 10. The average Bonchev–Trinajstić information content (AvgIpc) is 3.86. The first-order chi connectivity index (χ1) is 40.1. The van der Waals surface area contributed by atoms with Crippen molar-refractivity contribution in [2.75, 3.05) is 66.7 Å². The molecule has 0 bridgehead atoms. The number of Topliss-reactive ketones (excluding diaryl/α,β-unsaturated/α-hetero) is 2. The van der Waals surface area contributed by atoms with E-state index >= 15 is 0 Å². The molecule has 0 spiro atoms. The van der Waals surface area contributed by atoms with Gasteiger partial charge in [-0.3, -0.25) is 38.5 Å². The third kappa shape index (κ3) is 35.8. The fraction of sp³-hybridized carbons (Fsp3) is 0.460. The second kappa shape index (κ2) is 44.6. The fourth-order valence-electron chi connectivity index (χ4n) is 7.37. The Hall–Kier alpha value is -7.98. The second-order valence-corrected chi connectivity index (χ2v) is 19.9. The van der Waals surface area contributed by atoms with Crippen LogP contribution in [0, 0.1) is 11.8 Å². The van der Waals surface area contributed by atoms with Gasteiger partial charge in [-0.05, 0) is 69.3 Å². The summed E-state index contributed by atoms with van der Waals surface area (Å²) in [5.41, 5.74) is 9.04. The Balaban J connectivity index is 0.000000575. The zero-order valence-corrected chi connectivity index (χ0v) is 50.3. The lowest BCUT2D eigenvalue weighted by atomic mass is 10.0. The van der Waals surface area contributed by atoms with Gasteiger partial charge in [-0.15, -0.1) is 5.06 Å². The summed E-state index contributed by atoms with van der Waals surface area (Å²) in [4.78, 5) is 122. The van der Waals surface area contributed by atoms with Gasteiger partial charge in [0.25, 0.3) is 11.8 Å². The molecule has 21 nitrogen and oxygen atoms in total. The lowest BCUT2D eigenvalue weighted by molar-refractivity contribution is -0.196. The number of ketones is 2. The molecule has 1 aliphatic heterocycles. The summed E-state index contributed by atoms with van der Waals surface area (Å²) in [7, 11) is 3.38. The number of hydrogen-bond acceptors (Lipinski definition) is 17.